The first kappa shape index (κ1) is 15.5. The van der Waals surface area contributed by atoms with Gasteiger partial charge in [0.05, 0.1) is 18.5 Å². The van der Waals surface area contributed by atoms with Crippen LogP contribution in [0.4, 0.5) is 13.2 Å². The van der Waals surface area contributed by atoms with Crippen LogP contribution in [0.15, 0.2) is 24.5 Å². The van der Waals surface area contributed by atoms with E-state index in [0.29, 0.717) is 17.9 Å². The van der Waals surface area contributed by atoms with E-state index in [-0.39, 0.29) is 10.8 Å². The summed E-state index contributed by atoms with van der Waals surface area (Å²) >= 11 is 5.63. The molecular weight excluding hydrogens is 307 g/mol. The lowest BCUT2D eigenvalue weighted by molar-refractivity contribution is -0.144. The molecule has 0 N–H and O–H groups in total. The Kier molecular flexibility index (Phi) is 4.62. The zero-order valence-electron chi connectivity index (χ0n) is 11.0. The molecule has 0 aliphatic carbocycles. The van der Waals surface area contributed by atoms with Crippen LogP contribution >= 0.6 is 11.6 Å². The van der Waals surface area contributed by atoms with Crippen LogP contribution in [0.3, 0.4) is 0 Å². The Labute approximate surface area is 124 Å². The van der Waals surface area contributed by atoms with E-state index in [0.717, 1.165) is 6.42 Å². The third-order valence-corrected chi connectivity index (χ3v) is 2.62. The van der Waals surface area contributed by atoms with Gasteiger partial charge in [0.25, 0.3) is 0 Å². The Morgan fingerprint density at radius 3 is 2.62 bits per heavy atom. The number of alkyl halides is 3. The van der Waals surface area contributed by atoms with E-state index in [2.05, 4.69) is 15.0 Å². The van der Waals surface area contributed by atoms with Gasteiger partial charge in [0, 0.05) is 17.8 Å². The first-order valence-electron chi connectivity index (χ1n) is 6.10. The Balaban J connectivity index is 2.40. The molecule has 0 unspecified atom stereocenters. The monoisotopic (exact) mass is 317 g/mol. The molecular formula is C13H11ClF3N3O. The maximum absolute atomic E-state index is 12.7. The van der Waals surface area contributed by atoms with Crippen molar-refractivity contribution in [2.24, 2.45) is 0 Å². The van der Waals surface area contributed by atoms with Crippen molar-refractivity contribution >= 4 is 11.6 Å². The molecule has 112 valence electrons. The molecule has 0 atom stereocenters. The number of nitrogens with zero attached hydrogens (tertiary/aromatic N) is 3. The van der Waals surface area contributed by atoms with Crippen LogP contribution in [-0.4, -0.2) is 21.6 Å². The predicted molar refractivity (Wildman–Crippen MR) is 71.1 cm³/mol. The van der Waals surface area contributed by atoms with Gasteiger partial charge in [-0.25, -0.2) is 9.97 Å². The van der Waals surface area contributed by atoms with Gasteiger partial charge in [-0.15, -0.1) is 0 Å². The van der Waals surface area contributed by atoms with Crippen LogP contribution in [0.25, 0.3) is 11.3 Å². The highest BCUT2D eigenvalue weighted by molar-refractivity contribution is 6.29. The Morgan fingerprint density at radius 2 is 1.95 bits per heavy atom. The number of aromatic nitrogens is 3. The van der Waals surface area contributed by atoms with Crippen LogP contribution < -0.4 is 4.74 Å². The summed E-state index contributed by atoms with van der Waals surface area (Å²) in [6.07, 6.45) is -0.991. The van der Waals surface area contributed by atoms with Crippen LogP contribution in [-0.2, 0) is 6.18 Å². The predicted octanol–water partition coefficient (Wildman–Crippen LogP) is 4.00. The van der Waals surface area contributed by atoms with Gasteiger partial charge in [0.1, 0.15) is 10.9 Å². The van der Waals surface area contributed by atoms with E-state index in [4.69, 9.17) is 16.3 Å². The number of hydrogen-bond donors (Lipinski definition) is 0. The molecule has 0 amide bonds. The van der Waals surface area contributed by atoms with Gasteiger partial charge in [0.2, 0.25) is 5.82 Å². The van der Waals surface area contributed by atoms with Crippen molar-refractivity contribution in [3.63, 3.8) is 0 Å². The molecule has 4 nitrogen and oxygen atoms in total. The van der Waals surface area contributed by atoms with Crippen LogP contribution in [0, 0.1) is 0 Å². The zero-order chi connectivity index (χ0) is 15.5. The number of pyridine rings is 1. The minimum Gasteiger partial charge on any atom is -0.492 e. The molecule has 0 spiro atoms. The Morgan fingerprint density at radius 1 is 1.19 bits per heavy atom. The van der Waals surface area contributed by atoms with Crippen molar-refractivity contribution in [3.05, 3.63) is 35.5 Å². The summed E-state index contributed by atoms with van der Waals surface area (Å²) in [6, 6.07) is 2.80. The fourth-order valence-corrected chi connectivity index (χ4v) is 1.73. The zero-order valence-corrected chi connectivity index (χ0v) is 11.7. The minimum atomic E-state index is -4.66. The highest BCUT2D eigenvalue weighted by Gasteiger charge is 2.35. The highest BCUT2D eigenvalue weighted by atomic mass is 35.5. The largest absolute Gasteiger partial charge is 0.492 e. The second-order valence-electron chi connectivity index (χ2n) is 4.16. The molecule has 0 aliphatic heterocycles. The second-order valence-corrected chi connectivity index (χ2v) is 4.54. The Hall–Kier alpha value is -1.89. The summed E-state index contributed by atoms with van der Waals surface area (Å²) in [5.74, 6) is -0.831. The first-order valence-corrected chi connectivity index (χ1v) is 6.48. The molecule has 0 bridgehead atoms. The van der Waals surface area contributed by atoms with E-state index in [9.17, 15) is 13.2 Å². The molecule has 2 aromatic heterocycles. The summed E-state index contributed by atoms with van der Waals surface area (Å²) < 4.78 is 43.4. The number of hydrogen-bond acceptors (Lipinski definition) is 4. The molecule has 0 radical (unpaired) electrons. The van der Waals surface area contributed by atoms with E-state index >= 15 is 0 Å². The van der Waals surface area contributed by atoms with E-state index in [1.807, 2.05) is 6.92 Å². The van der Waals surface area contributed by atoms with E-state index in [1.54, 1.807) is 6.07 Å². The SMILES string of the molecule is CCCOc1cncc(-c2cc(Cl)nc(C(F)(F)F)n2)c1. The lowest BCUT2D eigenvalue weighted by Crippen LogP contribution is -2.11. The molecule has 2 heterocycles. The molecule has 2 aromatic rings. The summed E-state index contributed by atoms with van der Waals surface area (Å²) in [6.45, 7) is 2.43. The van der Waals surface area contributed by atoms with Gasteiger partial charge in [-0.2, -0.15) is 13.2 Å². The smallest absolute Gasteiger partial charge is 0.451 e. The lowest BCUT2D eigenvalue weighted by atomic mass is 10.2. The standard InChI is InChI=1S/C13H11ClF3N3O/c1-2-3-21-9-4-8(6-18-7-9)10-5-11(14)20-12(19-10)13(15,16)17/h4-7H,2-3H2,1H3. The van der Waals surface area contributed by atoms with Crippen molar-refractivity contribution in [2.45, 2.75) is 19.5 Å². The fraction of sp³-hybridized carbons (Fsp3) is 0.308. The maximum Gasteiger partial charge on any atom is 0.451 e. The van der Waals surface area contributed by atoms with Crippen LogP contribution in [0.2, 0.25) is 5.15 Å². The fourth-order valence-electron chi connectivity index (χ4n) is 1.55. The number of rotatable bonds is 4. The van der Waals surface area contributed by atoms with Crippen molar-refractivity contribution < 1.29 is 17.9 Å². The third kappa shape index (κ3) is 4.04. The van der Waals surface area contributed by atoms with E-state index in [1.165, 1.54) is 18.5 Å². The molecule has 0 aliphatic rings. The molecule has 2 rings (SSSR count). The molecule has 0 fully saturated rings. The summed E-state index contributed by atoms with van der Waals surface area (Å²) in [5.41, 5.74) is 0.412. The average molecular weight is 318 g/mol. The summed E-state index contributed by atoms with van der Waals surface area (Å²) in [7, 11) is 0. The van der Waals surface area contributed by atoms with Gasteiger partial charge < -0.3 is 4.74 Å². The van der Waals surface area contributed by atoms with Gasteiger partial charge in [0.15, 0.2) is 0 Å². The highest BCUT2D eigenvalue weighted by Crippen LogP contribution is 2.30. The molecule has 0 saturated carbocycles. The van der Waals surface area contributed by atoms with Crippen LogP contribution in [0.5, 0.6) is 5.75 Å². The quantitative estimate of drug-likeness (QED) is 0.800. The first-order chi connectivity index (χ1) is 9.90. The average Bonchev–Trinajstić information content (AvgIpc) is 2.44. The molecule has 8 heteroatoms. The van der Waals surface area contributed by atoms with Crippen molar-refractivity contribution in [1.82, 2.24) is 15.0 Å². The Bertz CT molecular complexity index is 634. The van der Waals surface area contributed by atoms with Gasteiger partial charge in [-0.3, -0.25) is 4.98 Å². The van der Waals surface area contributed by atoms with E-state index < -0.39 is 12.0 Å². The minimum absolute atomic E-state index is 0.0387. The molecule has 0 saturated heterocycles. The van der Waals surface area contributed by atoms with Gasteiger partial charge in [-0.1, -0.05) is 18.5 Å². The van der Waals surface area contributed by atoms with Crippen molar-refractivity contribution in [1.29, 1.82) is 0 Å². The van der Waals surface area contributed by atoms with Crippen LogP contribution in [0.1, 0.15) is 19.2 Å². The normalized spacial score (nSPS) is 11.5. The molecule has 0 aromatic carbocycles. The lowest BCUT2D eigenvalue weighted by Gasteiger charge is -2.09. The summed E-state index contributed by atoms with van der Waals surface area (Å²) in [5, 5.41) is -0.285. The summed E-state index contributed by atoms with van der Waals surface area (Å²) in [4.78, 5) is 10.6. The topological polar surface area (TPSA) is 47.9 Å². The van der Waals surface area contributed by atoms with Crippen molar-refractivity contribution in [2.75, 3.05) is 6.61 Å². The number of halogens is 4. The van der Waals surface area contributed by atoms with Crippen molar-refractivity contribution in [3.8, 4) is 17.0 Å². The third-order valence-electron chi connectivity index (χ3n) is 2.43. The number of ether oxygens (including phenoxy) is 1. The second kappa shape index (κ2) is 6.26. The van der Waals surface area contributed by atoms with Gasteiger partial charge in [-0.05, 0) is 12.5 Å². The maximum atomic E-state index is 12.7. The molecule has 21 heavy (non-hydrogen) atoms. The van der Waals surface area contributed by atoms with Gasteiger partial charge >= 0.3 is 6.18 Å².